The largest absolute Gasteiger partial charge is 0.362 e. The van der Waals surface area contributed by atoms with E-state index in [1.807, 2.05) is 0 Å². The Morgan fingerprint density at radius 3 is 1.62 bits per heavy atom. The molecule has 1 aliphatic heterocycles. The van der Waals surface area contributed by atoms with Crippen LogP contribution >= 0.6 is 8.60 Å². The molecule has 0 aromatic carbocycles. The minimum absolute atomic E-state index is 1.03. The van der Waals surface area contributed by atoms with Crippen LogP contribution in [0.15, 0.2) is 12.4 Å². The van der Waals surface area contributed by atoms with Gasteiger partial charge in [0.25, 0.3) is 0 Å². The van der Waals surface area contributed by atoms with E-state index in [4.69, 9.17) is 4.89 Å². The Morgan fingerprint density at radius 1 is 1.15 bits per heavy atom. The molecule has 0 saturated carbocycles. The predicted molar refractivity (Wildman–Crippen MR) is 52.7 cm³/mol. The first-order chi connectivity index (χ1) is 6.10. The van der Waals surface area contributed by atoms with Crippen LogP contribution in [0.5, 0.6) is 0 Å². The van der Waals surface area contributed by atoms with Crippen molar-refractivity contribution < 1.29 is 13.9 Å². The average Bonchev–Trinajstić information content (AvgIpc) is 2.49. The van der Waals surface area contributed by atoms with Crippen molar-refractivity contribution in [3.63, 3.8) is 0 Å². The lowest BCUT2D eigenvalue weighted by Crippen LogP contribution is -2.17. The maximum Gasteiger partial charge on any atom is 0.329 e. The molecule has 0 aromatic heterocycles. The maximum absolute atomic E-state index is 8.29. The number of hydrogen-bond acceptors (Lipinski definition) is 5. The van der Waals surface area contributed by atoms with Crippen LogP contribution in [0.3, 0.4) is 0 Å². The topological polar surface area (TPSA) is 45.2 Å². The zero-order chi connectivity index (χ0) is 10.3. The Bertz CT molecular complexity index is 143. The second kappa shape index (κ2) is 7.09. The molecule has 13 heavy (non-hydrogen) atoms. The van der Waals surface area contributed by atoms with E-state index < -0.39 is 8.60 Å². The van der Waals surface area contributed by atoms with Gasteiger partial charge in [0.05, 0.1) is 6.67 Å². The van der Waals surface area contributed by atoms with E-state index in [-0.39, 0.29) is 0 Å². The van der Waals surface area contributed by atoms with Crippen LogP contribution < -0.4 is 0 Å². The van der Waals surface area contributed by atoms with E-state index in [1.54, 1.807) is 0 Å². The van der Waals surface area contributed by atoms with Gasteiger partial charge in [0.15, 0.2) is 0 Å². The van der Waals surface area contributed by atoms with E-state index in [0.29, 0.717) is 0 Å². The molecule has 0 saturated heterocycles. The molecule has 0 amide bonds. The van der Waals surface area contributed by atoms with Gasteiger partial charge >= 0.3 is 8.60 Å². The minimum atomic E-state index is -1.58. The summed E-state index contributed by atoms with van der Waals surface area (Å²) in [5.74, 6) is 0. The summed E-state index contributed by atoms with van der Waals surface area (Å²) in [6.45, 7) is 1.03. The van der Waals surface area contributed by atoms with Crippen LogP contribution in [0.2, 0.25) is 0 Å². The molecule has 0 spiro atoms. The highest BCUT2D eigenvalue weighted by Gasteiger charge is 1.99. The third-order valence-corrected chi connectivity index (χ3v) is 1.96. The molecule has 0 fully saturated rings. The summed E-state index contributed by atoms with van der Waals surface area (Å²) < 4.78 is 8.59. The summed E-state index contributed by atoms with van der Waals surface area (Å²) in [6.07, 6.45) is 4.11. The van der Waals surface area contributed by atoms with Gasteiger partial charge in [-0.25, -0.2) is 0 Å². The van der Waals surface area contributed by atoms with Crippen molar-refractivity contribution in [2.45, 2.75) is 0 Å². The van der Waals surface area contributed by atoms with E-state index in [9.17, 15) is 0 Å². The van der Waals surface area contributed by atoms with Crippen LogP contribution in [0.4, 0.5) is 0 Å². The molecule has 1 rings (SSSR count). The van der Waals surface area contributed by atoms with Gasteiger partial charge in [0, 0.05) is 40.7 Å². The Labute approximate surface area is 80.5 Å². The van der Waals surface area contributed by atoms with Crippen LogP contribution in [-0.4, -0.2) is 49.7 Å². The molecule has 0 aromatic rings. The molecule has 1 aliphatic rings. The minimum Gasteiger partial charge on any atom is -0.362 e. The molecule has 0 aliphatic carbocycles. The van der Waals surface area contributed by atoms with Gasteiger partial charge in [-0.1, -0.05) is 0 Å². The van der Waals surface area contributed by atoms with Crippen LogP contribution in [0.25, 0.3) is 0 Å². The highest BCUT2D eigenvalue weighted by molar-refractivity contribution is 7.40. The van der Waals surface area contributed by atoms with Crippen molar-refractivity contribution in [2.24, 2.45) is 0 Å². The quantitative estimate of drug-likeness (QED) is 0.680. The van der Waals surface area contributed by atoms with Gasteiger partial charge in [-0.2, -0.15) is 0 Å². The van der Waals surface area contributed by atoms with Crippen molar-refractivity contribution >= 4 is 8.60 Å². The fourth-order valence-electron chi connectivity index (χ4n) is 0.748. The third-order valence-electron chi connectivity index (χ3n) is 1.33. The first-order valence-corrected chi connectivity index (χ1v) is 4.89. The van der Waals surface area contributed by atoms with Gasteiger partial charge in [-0.3, -0.25) is 0 Å². The third kappa shape index (κ3) is 6.78. The van der Waals surface area contributed by atoms with Crippen LogP contribution in [0, 0.1) is 0 Å². The monoisotopic (exact) mass is 208 g/mol. The molecule has 0 atom stereocenters. The first-order valence-electron chi connectivity index (χ1n) is 3.76. The Balaban J connectivity index is 0.000000226. The Hall–Kier alpha value is -0.350. The summed E-state index contributed by atoms with van der Waals surface area (Å²) in [5.41, 5.74) is 0. The predicted octanol–water partition coefficient (Wildman–Crippen LogP) is 0.791. The molecule has 0 unspecified atom stereocenters. The lowest BCUT2D eigenvalue weighted by molar-refractivity contribution is 0.271. The van der Waals surface area contributed by atoms with E-state index in [2.05, 4.69) is 45.3 Å². The standard InChI is InChI=1S/C5H10N2.C2H7O3P/c1-6-3-4-7(2)5-6;1-4-6(3)5-2/h3-4H,5H2,1-2H3;3H,1-2H3. The number of rotatable bonds is 2. The van der Waals surface area contributed by atoms with Gasteiger partial charge < -0.3 is 23.7 Å². The summed E-state index contributed by atoms with van der Waals surface area (Å²) >= 11 is 0. The van der Waals surface area contributed by atoms with E-state index in [1.165, 1.54) is 14.2 Å². The highest BCUT2D eigenvalue weighted by atomic mass is 31.2. The Morgan fingerprint density at radius 2 is 1.54 bits per heavy atom. The van der Waals surface area contributed by atoms with Gasteiger partial charge in [-0.05, 0) is 0 Å². The second-order valence-corrected chi connectivity index (χ2v) is 3.76. The highest BCUT2D eigenvalue weighted by Crippen LogP contribution is 2.28. The lowest BCUT2D eigenvalue weighted by atomic mass is 10.9. The smallest absolute Gasteiger partial charge is 0.329 e. The Kier molecular flexibility index (Phi) is 6.90. The van der Waals surface area contributed by atoms with E-state index >= 15 is 0 Å². The fourth-order valence-corrected chi connectivity index (χ4v) is 0.897. The van der Waals surface area contributed by atoms with Crippen LogP contribution in [0.1, 0.15) is 0 Å². The maximum atomic E-state index is 8.29. The van der Waals surface area contributed by atoms with Crippen molar-refractivity contribution in [3.8, 4) is 0 Å². The molecular weight excluding hydrogens is 191 g/mol. The fraction of sp³-hybridized carbons (Fsp3) is 0.714. The first kappa shape index (κ1) is 12.7. The number of hydrogen-bond donors (Lipinski definition) is 1. The molecule has 5 nitrogen and oxygen atoms in total. The summed E-state index contributed by atoms with van der Waals surface area (Å²) in [6, 6.07) is 0. The zero-order valence-corrected chi connectivity index (χ0v) is 9.36. The normalized spacial score (nSPS) is 14.9. The van der Waals surface area contributed by atoms with Crippen molar-refractivity contribution in [1.29, 1.82) is 0 Å². The van der Waals surface area contributed by atoms with Gasteiger partial charge in [-0.15, -0.1) is 0 Å². The molecule has 0 bridgehead atoms. The lowest BCUT2D eigenvalue weighted by Gasteiger charge is -2.10. The summed E-state index contributed by atoms with van der Waals surface area (Å²) in [4.78, 5) is 12.5. The molecule has 78 valence electrons. The van der Waals surface area contributed by atoms with Gasteiger partial charge in [0.2, 0.25) is 0 Å². The van der Waals surface area contributed by atoms with Crippen molar-refractivity contribution in [1.82, 2.24) is 9.80 Å². The number of nitrogens with zero attached hydrogens (tertiary/aromatic N) is 2. The molecule has 1 heterocycles. The molecule has 0 radical (unpaired) electrons. The second-order valence-electron chi connectivity index (χ2n) is 2.56. The summed E-state index contributed by atoms with van der Waals surface area (Å²) in [7, 11) is 5.30. The van der Waals surface area contributed by atoms with Crippen LogP contribution in [-0.2, 0) is 9.05 Å². The van der Waals surface area contributed by atoms with Crippen molar-refractivity contribution in [3.05, 3.63) is 12.4 Å². The van der Waals surface area contributed by atoms with Crippen molar-refractivity contribution in [2.75, 3.05) is 35.0 Å². The summed E-state index contributed by atoms with van der Waals surface area (Å²) in [5, 5.41) is 0. The SMILES string of the molecule is CN1C=CN(C)C1.COP(O)OC. The molecular formula is C7H17N2O3P. The van der Waals surface area contributed by atoms with E-state index in [0.717, 1.165) is 6.67 Å². The zero-order valence-electron chi connectivity index (χ0n) is 8.47. The van der Waals surface area contributed by atoms with Gasteiger partial charge in [0.1, 0.15) is 0 Å². The molecule has 6 heteroatoms. The molecule has 1 N–H and O–H groups in total. The average molecular weight is 208 g/mol.